The predicted octanol–water partition coefficient (Wildman–Crippen LogP) is 7.35. The van der Waals surface area contributed by atoms with Gasteiger partial charge in [0.25, 0.3) is 0 Å². The van der Waals surface area contributed by atoms with Crippen molar-refractivity contribution in [3.8, 4) is 11.5 Å². The fraction of sp³-hybridized carbons (Fsp3) is 0.182. The van der Waals surface area contributed by atoms with Gasteiger partial charge in [-0.1, -0.05) is 116 Å². The lowest BCUT2D eigenvalue weighted by Crippen LogP contribution is -2.57. The summed E-state index contributed by atoms with van der Waals surface area (Å²) in [6, 6.07) is 0. The highest BCUT2D eigenvalue weighted by Gasteiger charge is 2.65. The Hall–Kier alpha value is -1.44. The first-order valence-electron chi connectivity index (χ1n) is 10.2. The molecule has 0 bridgehead atoms. The topological polar surface area (TPSA) is 168 Å². The summed E-state index contributed by atoms with van der Waals surface area (Å²) in [5.41, 5.74) is 0. The van der Waals surface area contributed by atoms with Crippen molar-refractivity contribution in [2.75, 3.05) is 0 Å². The standard InChI is InChI=1S/C22H8Cl10O10/c23-7-9(25)12(42-6-2-4-20(30,16(35)36)22(32,14(6)28)18(39)40)10(26)8(24)11(7)41-5-1-3-19(29,15(33)34)21(31,13(5)27)17(37)38/h1-4H,(H,33,34)(H,35,36)(H,37,38)(H,39,40). The van der Waals surface area contributed by atoms with E-state index in [1.165, 1.54) is 0 Å². The monoisotopic (exact) mass is 782 g/mol. The molecule has 1 aromatic rings. The van der Waals surface area contributed by atoms with E-state index in [1.54, 1.807) is 0 Å². The molecule has 4 N–H and O–H groups in total. The molecule has 3 rings (SSSR count). The van der Waals surface area contributed by atoms with Crippen LogP contribution in [0.3, 0.4) is 0 Å². The summed E-state index contributed by atoms with van der Waals surface area (Å²) < 4.78 is 11.1. The molecular weight excluding hydrogens is 779 g/mol. The maximum absolute atomic E-state index is 12.0. The summed E-state index contributed by atoms with van der Waals surface area (Å²) in [6.45, 7) is 0. The minimum absolute atomic E-state index is 0.549. The van der Waals surface area contributed by atoms with Crippen LogP contribution in [0.25, 0.3) is 0 Å². The third-order valence-corrected chi connectivity index (χ3v) is 11.2. The number of allylic oxidation sites excluding steroid dienone is 2. The Labute approximate surface area is 284 Å². The van der Waals surface area contributed by atoms with E-state index in [0.717, 1.165) is 12.2 Å². The van der Waals surface area contributed by atoms with Gasteiger partial charge in [-0.3, -0.25) is 0 Å². The molecule has 0 fully saturated rings. The fourth-order valence-electron chi connectivity index (χ4n) is 3.50. The van der Waals surface area contributed by atoms with Crippen LogP contribution >= 0.6 is 116 Å². The van der Waals surface area contributed by atoms with Crippen LogP contribution in [0.1, 0.15) is 0 Å². The second-order valence-electron chi connectivity index (χ2n) is 8.10. The molecule has 0 aliphatic heterocycles. The average molecular weight is 787 g/mol. The normalized spacial score (nSPS) is 29.0. The molecule has 2 aliphatic carbocycles. The predicted molar refractivity (Wildman–Crippen MR) is 157 cm³/mol. The SMILES string of the molecule is O=C(O)C1(Cl)C=CC(Oc2c(Cl)c(Cl)c(OC3=C(Cl)C(Cl)(C(=O)O)C(Cl)(C(=O)O)C=C3)c(Cl)c2Cl)=C(Cl)C1(Cl)C(=O)O. The Balaban J connectivity index is 2.13. The lowest BCUT2D eigenvalue weighted by Gasteiger charge is -2.36. The molecule has 4 atom stereocenters. The maximum Gasteiger partial charge on any atom is 0.333 e. The van der Waals surface area contributed by atoms with E-state index in [-0.39, 0.29) is 0 Å². The molecule has 10 nitrogen and oxygen atoms in total. The fourth-order valence-corrected chi connectivity index (χ4v) is 6.18. The van der Waals surface area contributed by atoms with Crippen LogP contribution in [0.4, 0.5) is 0 Å². The van der Waals surface area contributed by atoms with E-state index < -0.39 is 96.5 Å². The van der Waals surface area contributed by atoms with Crippen molar-refractivity contribution in [2.24, 2.45) is 0 Å². The summed E-state index contributed by atoms with van der Waals surface area (Å²) in [7, 11) is 0. The summed E-state index contributed by atoms with van der Waals surface area (Å²) in [5.74, 6) is -9.83. The number of halogens is 10. The van der Waals surface area contributed by atoms with Crippen LogP contribution in [0.5, 0.6) is 11.5 Å². The molecule has 0 aromatic heterocycles. The second-order valence-corrected chi connectivity index (χ2v) is 12.7. The van der Waals surface area contributed by atoms with Crippen LogP contribution in [-0.4, -0.2) is 63.8 Å². The lowest BCUT2D eigenvalue weighted by atomic mass is 9.85. The zero-order valence-electron chi connectivity index (χ0n) is 19.3. The van der Waals surface area contributed by atoms with Gasteiger partial charge >= 0.3 is 23.9 Å². The van der Waals surface area contributed by atoms with Crippen molar-refractivity contribution < 1.29 is 49.1 Å². The van der Waals surface area contributed by atoms with E-state index in [0.29, 0.717) is 12.2 Å². The zero-order chi connectivity index (χ0) is 32.3. The number of hydrogen-bond acceptors (Lipinski definition) is 6. The first-order valence-corrected chi connectivity index (χ1v) is 14.0. The zero-order valence-corrected chi connectivity index (χ0v) is 26.9. The largest absolute Gasteiger partial charge is 0.480 e. The third-order valence-electron chi connectivity index (χ3n) is 5.79. The van der Waals surface area contributed by atoms with Gasteiger partial charge in [0.2, 0.25) is 9.75 Å². The Bertz CT molecular complexity index is 1440. The van der Waals surface area contributed by atoms with Gasteiger partial charge < -0.3 is 29.9 Å². The van der Waals surface area contributed by atoms with Gasteiger partial charge in [-0.05, 0) is 24.3 Å². The molecule has 0 saturated heterocycles. The van der Waals surface area contributed by atoms with E-state index in [9.17, 15) is 39.6 Å². The molecule has 0 amide bonds. The maximum atomic E-state index is 12.0. The minimum atomic E-state index is -2.97. The Morgan fingerprint density at radius 2 is 0.786 bits per heavy atom. The van der Waals surface area contributed by atoms with E-state index in [2.05, 4.69) is 0 Å². The highest BCUT2D eigenvalue weighted by molar-refractivity contribution is 6.56. The molecule has 4 unspecified atom stereocenters. The van der Waals surface area contributed by atoms with Crippen molar-refractivity contribution >= 4 is 140 Å². The van der Waals surface area contributed by atoms with Crippen molar-refractivity contribution in [1.82, 2.24) is 0 Å². The van der Waals surface area contributed by atoms with Crippen LogP contribution < -0.4 is 9.47 Å². The molecule has 226 valence electrons. The Kier molecular flexibility index (Phi) is 9.86. The molecule has 2 aliphatic rings. The molecule has 0 radical (unpaired) electrons. The smallest absolute Gasteiger partial charge is 0.333 e. The minimum Gasteiger partial charge on any atom is -0.480 e. The highest BCUT2D eigenvalue weighted by atomic mass is 35.5. The van der Waals surface area contributed by atoms with Gasteiger partial charge in [0.1, 0.15) is 31.6 Å². The number of hydrogen-bond donors (Lipinski definition) is 4. The third kappa shape index (κ3) is 4.98. The Morgan fingerprint density at radius 3 is 1.00 bits per heavy atom. The van der Waals surface area contributed by atoms with Crippen LogP contribution in [0, 0.1) is 0 Å². The summed E-state index contributed by atoms with van der Waals surface area (Å²) in [6.07, 6.45) is 3.16. The van der Waals surface area contributed by atoms with Crippen molar-refractivity contribution in [1.29, 1.82) is 0 Å². The lowest BCUT2D eigenvalue weighted by molar-refractivity contribution is -0.147. The first-order chi connectivity index (χ1) is 19.1. The van der Waals surface area contributed by atoms with Crippen molar-refractivity contribution in [3.63, 3.8) is 0 Å². The molecule has 0 saturated carbocycles. The quantitative estimate of drug-likeness (QED) is 0.155. The number of carboxylic acids is 4. The van der Waals surface area contributed by atoms with Gasteiger partial charge in [0, 0.05) is 0 Å². The van der Waals surface area contributed by atoms with Gasteiger partial charge in [0.05, 0.1) is 10.1 Å². The summed E-state index contributed by atoms with van der Waals surface area (Å²) >= 11 is 61.7. The number of benzene rings is 1. The number of carbonyl (C=O) groups is 4. The van der Waals surface area contributed by atoms with E-state index in [1.807, 2.05) is 0 Å². The molecular formula is C22H8Cl10O10. The Morgan fingerprint density at radius 1 is 0.524 bits per heavy atom. The molecule has 0 spiro atoms. The number of aliphatic carboxylic acids is 4. The number of alkyl halides is 4. The van der Waals surface area contributed by atoms with Crippen molar-refractivity contribution in [2.45, 2.75) is 19.5 Å². The van der Waals surface area contributed by atoms with Gasteiger partial charge in [-0.25, -0.2) is 19.2 Å². The van der Waals surface area contributed by atoms with Crippen molar-refractivity contribution in [3.05, 3.63) is 66.0 Å². The highest BCUT2D eigenvalue weighted by Crippen LogP contribution is 2.55. The average Bonchev–Trinajstić information content (AvgIpc) is 2.91. The van der Waals surface area contributed by atoms with Gasteiger partial charge in [0.15, 0.2) is 21.2 Å². The number of rotatable bonds is 8. The number of carboxylic acid groups (broad SMARTS) is 4. The summed E-state index contributed by atoms with van der Waals surface area (Å²) in [5, 5.41) is 34.4. The van der Waals surface area contributed by atoms with Crippen LogP contribution in [0.2, 0.25) is 20.1 Å². The molecule has 20 heteroatoms. The summed E-state index contributed by atoms with van der Waals surface area (Å²) in [4.78, 5) is 36.0. The van der Waals surface area contributed by atoms with Crippen LogP contribution in [-0.2, 0) is 19.2 Å². The molecule has 1 aromatic carbocycles. The number of ether oxygens (including phenoxy) is 2. The van der Waals surface area contributed by atoms with Gasteiger partial charge in [-0.15, -0.1) is 0 Å². The first kappa shape index (κ1) is 35.0. The van der Waals surface area contributed by atoms with E-state index >= 15 is 0 Å². The second kappa shape index (κ2) is 11.8. The van der Waals surface area contributed by atoms with Crippen LogP contribution in [0.15, 0.2) is 45.9 Å². The molecule has 42 heavy (non-hydrogen) atoms. The van der Waals surface area contributed by atoms with E-state index in [4.69, 9.17) is 125 Å². The molecule has 0 heterocycles. The van der Waals surface area contributed by atoms with Gasteiger partial charge in [-0.2, -0.15) is 0 Å².